The predicted octanol–water partition coefficient (Wildman–Crippen LogP) is 3.18. The third-order valence-corrected chi connectivity index (χ3v) is 9.26. The van der Waals surface area contributed by atoms with Gasteiger partial charge in [-0.15, -0.1) is 0 Å². The van der Waals surface area contributed by atoms with Gasteiger partial charge >= 0.3 is 12.1 Å². The molecule has 1 aromatic carbocycles. The standard InChI is InChI=1S/C22H22F3N3O4S2/c1-12-10-28(18-8-7-14(9-26-18)22(23,24)25)20(13(2)27-12)19(21(29)30)16-11-33(34(31)32)17-6-4-3-5-15(16)17/h3-9,11-13,19-20,27H,10H2,1-2H3,(H,29,30). The van der Waals surface area contributed by atoms with Crippen LogP contribution in [0, 0.1) is 5.92 Å². The van der Waals surface area contributed by atoms with Gasteiger partial charge in [-0.3, -0.25) is 4.79 Å². The number of hydrogen-bond donors (Lipinski definition) is 2. The van der Waals surface area contributed by atoms with Crippen LogP contribution in [0.15, 0.2) is 52.9 Å². The second-order valence-corrected chi connectivity index (χ2v) is 11.9. The van der Waals surface area contributed by atoms with Gasteiger partial charge in [0, 0.05) is 29.7 Å². The van der Waals surface area contributed by atoms with Crippen LogP contribution in [0.2, 0.25) is 0 Å². The number of anilines is 1. The molecular weight excluding hydrogens is 491 g/mol. The van der Waals surface area contributed by atoms with E-state index in [1.807, 2.05) is 6.92 Å². The van der Waals surface area contributed by atoms with Gasteiger partial charge in [-0.2, -0.15) is 21.6 Å². The molecule has 0 amide bonds. The van der Waals surface area contributed by atoms with Crippen molar-refractivity contribution in [2.45, 2.75) is 43.0 Å². The van der Waals surface area contributed by atoms with Gasteiger partial charge in [0.2, 0.25) is 9.26 Å². The summed E-state index contributed by atoms with van der Waals surface area (Å²) in [5.74, 6) is -2.09. The number of nitrogens with zero attached hydrogens (tertiary/aromatic N) is 2. The van der Waals surface area contributed by atoms with E-state index in [1.165, 1.54) is 11.5 Å². The number of aromatic nitrogens is 1. The van der Waals surface area contributed by atoms with Crippen LogP contribution in [-0.2, 0) is 29.7 Å². The molecule has 2 aliphatic rings. The molecule has 182 valence electrons. The number of benzene rings is 1. The summed E-state index contributed by atoms with van der Waals surface area (Å²) < 4.78 is 62.9. The second kappa shape index (κ2) is 9.16. The summed E-state index contributed by atoms with van der Waals surface area (Å²) in [4.78, 5) is 18.9. The minimum absolute atomic E-state index is 0.0848. The number of carbonyl (C=O) groups is 1. The zero-order valence-corrected chi connectivity index (χ0v) is 19.8. The highest BCUT2D eigenvalue weighted by atomic mass is 32.9. The molecule has 1 fully saturated rings. The lowest BCUT2D eigenvalue weighted by molar-refractivity contribution is -0.140. The highest BCUT2D eigenvalue weighted by molar-refractivity contribution is 8.35. The summed E-state index contributed by atoms with van der Waals surface area (Å²) in [5, 5.41) is 15.1. The summed E-state index contributed by atoms with van der Waals surface area (Å²) >= 11 is 0. The van der Waals surface area contributed by atoms with Crippen LogP contribution in [0.3, 0.4) is 0 Å². The first kappa shape index (κ1) is 24.4. The fourth-order valence-electron chi connectivity index (χ4n) is 4.66. The van der Waals surface area contributed by atoms with Crippen molar-refractivity contribution in [3.63, 3.8) is 0 Å². The monoisotopic (exact) mass is 513 g/mol. The third-order valence-electron chi connectivity index (χ3n) is 6.00. The molecular formula is C22H22F3N3O4S2. The van der Waals surface area contributed by atoms with Gasteiger partial charge in [-0.25, -0.2) is 4.98 Å². The molecule has 5 atom stereocenters. The Morgan fingerprint density at radius 2 is 1.94 bits per heavy atom. The molecule has 0 saturated carbocycles. The van der Waals surface area contributed by atoms with Gasteiger partial charge in [0.25, 0.3) is 0 Å². The molecule has 0 bridgehead atoms. The van der Waals surface area contributed by atoms with Crippen molar-refractivity contribution in [2.24, 2.45) is 5.92 Å². The van der Waals surface area contributed by atoms with Crippen LogP contribution in [0.1, 0.15) is 25.0 Å². The number of pyridine rings is 1. The molecule has 0 radical (unpaired) electrons. The van der Waals surface area contributed by atoms with Crippen LogP contribution in [0.25, 0.3) is 5.57 Å². The van der Waals surface area contributed by atoms with Crippen molar-refractivity contribution in [2.75, 3.05) is 11.4 Å². The van der Waals surface area contributed by atoms with Crippen molar-refractivity contribution < 1.29 is 31.5 Å². The molecule has 5 unspecified atom stereocenters. The van der Waals surface area contributed by atoms with E-state index >= 15 is 0 Å². The van der Waals surface area contributed by atoms with E-state index in [0.717, 1.165) is 12.3 Å². The first-order chi connectivity index (χ1) is 16.0. The van der Waals surface area contributed by atoms with Crippen molar-refractivity contribution >= 4 is 36.1 Å². The number of fused-ring (bicyclic) bond motifs is 1. The lowest BCUT2D eigenvalue weighted by atomic mass is 9.82. The zero-order valence-electron chi connectivity index (χ0n) is 18.2. The van der Waals surface area contributed by atoms with Crippen LogP contribution in [-0.4, -0.2) is 49.1 Å². The number of aliphatic carboxylic acids is 1. The van der Waals surface area contributed by atoms with Crippen molar-refractivity contribution in [1.29, 1.82) is 0 Å². The molecule has 12 heteroatoms. The van der Waals surface area contributed by atoms with E-state index in [0.29, 0.717) is 22.6 Å². The van der Waals surface area contributed by atoms with Gasteiger partial charge in [0.05, 0.1) is 11.6 Å². The normalized spacial score (nSPS) is 25.4. The first-order valence-corrected chi connectivity index (χ1v) is 13.3. The largest absolute Gasteiger partial charge is 0.481 e. The number of nitrogens with one attached hydrogen (secondary N) is 1. The summed E-state index contributed by atoms with van der Waals surface area (Å²) in [6.45, 7) is 4.01. The number of alkyl halides is 3. The second-order valence-electron chi connectivity index (χ2n) is 8.29. The van der Waals surface area contributed by atoms with E-state index < -0.39 is 48.4 Å². The number of halogens is 3. The molecule has 34 heavy (non-hydrogen) atoms. The van der Waals surface area contributed by atoms with Gasteiger partial charge in [-0.05, 0) is 58.0 Å². The maximum atomic E-state index is 13.0. The Morgan fingerprint density at radius 1 is 1.24 bits per heavy atom. The molecule has 1 saturated heterocycles. The maximum absolute atomic E-state index is 13.0. The number of carboxylic acid groups (broad SMARTS) is 1. The predicted molar refractivity (Wildman–Crippen MR) is 123 cm³/mol. The Morgan fingerprint density at radius 3 is 2.53 bits per heavy atom. The lowest BCUT2D eigenvalue weighted by Crippen LogP contribution is -2.64. The highest BCUT2D eigenvalue weighted by Gasteiger charge is 2.45. The van der Waals surface area contributed by atoms with E-state index in [-0.39, 0.29) is 17.9 Å². The fourth-order valence-corrected chi connectivity index (χ4v) is 7.56. The Kier molecular flexibility index (Phi) is 6.58. The molecule has 0 aliphatic carbocycles. The van der Waals surface area contributed by atoms with Gasteiger partial charge in [0.15, 0.2) is 0 Å². The Bertz CT molecular complexity index is 1290. The summed E-state index contributed by atoms with van der Waals surface area (Å²) in [6, 6.07) is 7.73. The summed E-state index contributed by atoms with van der Waals surface area (Å²) in [6.07, 6.45) is -3.80. The van der Waals surface area contributed by atoms with Crippen LogP contribution in [0.4, 0.5) is 19.0 Å². The van der Waals surface area contributed by atoms with Crippen molar-refractivity contribution in [1.82, 2.24) is 10.3 Å². The number of rotatable bonds is 4. The minimum atomic E-state index is -4.54. The molecule has 1 aromatic heterocycles. The van der Waals surface area contributed by atoms with Crippen molar-refractivity contribution in [3.05, 3.63) is 59.1 Å². The topological polar surface area (TPSA) is 99.6 Å². The van der Waals surface area contributed by atoms with Gasteiger partial charge < -0.3 is 15.3 Å². The average molecular weight is 514 g/mol. The Hall–Kier alpha value is -2.70. The molecule has 3 heterocycles. The van der Waals surface area contributed by atoms with Gasteiger partial charge in [0.1, 0.15) is 11.7 Å². The smallest absolute Gasteiger partial charge is 0.417 e. The Balaban J connectivity index is 1.83. The molecule has 2 aliphatic heterocycles. The molecule has 4 rings (SSSR count). The molecule has 0 spiro atoms. The van der Waals surface area contributed by atoms with E-state index in [4.69, 9.17) is 0 Å². The minimum Gasteiger partial charge on any atom is -0.481 e. The summed E-state index contributed by atoms with van der Waals surface area (Å²) in [7, 11) is -3.77. The maximum Gasteiger partial charge on any atom is 0.417 e. The van der Waals surface area contributed by atoms with Crippen molar-refractivity contribution in [3.8, 4) is 0 Å². The Labute approximate surface area is 197 Å². The quantitative estimate of drug-likeness (QED) is 0.648. The first-order valence-electron chi connectivity index (χ1n) is 10.4. The third kappa shape index (κ3) is 4.49. The number of hydrogen-bond acceptors (Lipinski definition) is 6. The van der Waals surface area contributed by atoms with E-state index in [9.17, 15) is 31.5 Å². The molecule has 2 N–H and O–H groups in total. The van der Waals surface area contributed by atoms with E-state index in [1.54, 1.807) is 36.1 Å². The number of carboxylic acids is 1. The zero-order chi connectivity index (χ0) is 24.8. The van der Waals surface area contributed by atoms with Crippen LogP contribution in [0.5, 0.6) is 0 Å². The average Bonchev–Trinajstić information content (AvgIpc) is 3.14. The lowest BCUT2D eigenvalue weighted by Gasteiger charge is -2.47. The highest BCUT2D eigenvalue weighted by Crippen LogP contribution is 2.41. The van der Waals surface area contributed by atoms with Crippen LogP contribution >= 0.6 is 0 Å². The van der Waals surface area contributed by atoms with Crippen LogP contribution < -0.4 is 10.2 Å². The van der Waals surface area contributed by atoms with E-state index in [2.05, 4.69) is 10.3 Å². The SMILES string of the molecule is CC1CN(c2ccc(C(F)(F)F)cn2)C(C(C(=O)O)C2=CS(=S(=O)=O)c3ccccc32)C(C)N1. The molecule has 2 aromatic rings. The fraction of sp³-hybridized carbons (Fsp3) is 0.364. The van der Waals surface area contributed by atoms with Gasteiger partial charge in [-0.1, -0.05) is 18.2 Å². The molecule has 7 nitrogen and oxygen atoms in total. The summed E-state index contributed by atoms with van der Waals surface area (Å²) in [5.41, 5.74) is 0.0301. The number of piperazine rings is 1.